The van der Waals surface area contributed by atoms with Gasteiger partial charge in [-0.25, -0.2) is 4.39 Å². The normalized spacial score (nSPS) is 21.9. The summed E-state index contributed by atoms with van der Waals surface area (Å²) in [6.45, 7) is 9.53. The number of nitrogens with zero attached hydrogens (tertiary/aromatic N) is 3. The van der Waals surface area contributed by atoms with Gasteiger partial charge in [-0.3, -0.25) is 9.80 Å². The van der Waals surface area contributed by atoms with Crippen molar-refractivity contribution in [2.45, 2.75) is 25.2 Å². The maximum atomic E-state index is 13.2. The van der Waals surface area contributed by atoms with E-state index < -0.39 is 5.79 Å². The van der Waals surface area contributed by atoms with Crippen LogP contribution < -0.4 is 4.90 Å². The van der Waals surface area contributed by atoms with Gasteiger partial charge in [-0.1, -0.05) is 24.3 Å². The summed E-state index contributed by atoms with van der Waals surface area (Å²) >= 11 is 0. The highest BCUT2D eigenvalue weighted by atomic mass is 19.1. The van der Waals surface area contributed by atoms with Crippen molar-refractivity contribution in [3.05, 3.63) is 65.5 Å². The van der Waals surface area contributed by atoms with E-state index in [1.54, 1.807) is 12.1 Å². The van der Waals surface area contributed by atoms with Gasteiger partial charge in [0.1, 0.15) is 5.82 Å². The fourth-order valence-corrected chi connectivity index (χ4v) is 5.09. The van der Waals surface area contributed by atoms with Crippen molar-refractivity contribution in [1.82, 2.24) is 9.80 Å². The number of piperazine rings is 1. The molecule has 2 saturated heterocycles. The Balaban J connectivity index is 1.12. The van der Waals surface area contributed by atoms with Crippen molar-refractivity contribution in [2.24, 2.45) is 0 Å². The van der Waals surface area contributed by atoms with Gasteiger partial charge in [-0.2, -0.15) is 0 Å². The lowest BCUT2D eigenvalue weighted by Crippen LogP contribution is -2.52. The van der Waals surface area contributed by atoms with E-state index in [4.69, 9.17) is 9.47 Å². The SMILES string of the molecule is Fc1ccc(N2CCN(CCCN3Cc4ccccc4C4(C3)OCCCO4)CC2)cc1. The molecular formula is C25H32FN3O2. The second-order valence-electron chi connectivity index (χ2n) is 8.83. The van der Waals surface area contributed by atoms with Crippen molar-refractivity contribution in [3.8, 4) is 0 Å². The fourth-order valence-electron chi connectivity index (χ4n) is 5.09. The molecule has 0 atom stereocenters. The van der Waals surface area contributed by atoms with Gasteiger partial charge in [-0.05, 0) is 55.8 Å². The van der Waals surface area contributed by atoms with E-state index in [2.05, 4.69) is 39.0 Å². The number of hydrogen-bond donors (Lipinski definition) is 0. The molecule has 3 heterocycles. The Bertz CT molecular complexity index is 861. The van der Waals surface area contributed by atoms with Crippen LogP contribution in [0.1, 0.15) is 24.0 Å². The Labute approximate surface area is 184 Å². The predicted molar refractivity (Wildman–Crippen MR) is 120 cm³/mol. The van der Waals surface area contributed by atoms with E-state index >= 15 is 0 Å². The number of rotatable bonds is 5. The molecule has 31 heavy (non-hydrogen) atoms. The minimum absolute atomic E-state index is 0.173. The molecule has 0 amide bonds. The van der Waals surface area contributed by atoms with Gasteiger partial charge in [0, 0.05) is 44.0 Å². The smallest absolute Gasteiger partial charge is 0.208 e. The van der Waals surface area contributed by atoms with Gasteiger partial charge < -0.3 is 14.4 Å². The van der Waals surface area contributed by atoms with Crippen LogP contribution in [-0.2, 0) is 21.8 Å². The number of anilines is 1. The van der Waals surface area contributed by atoms with Crippen LogP contribution in [0.25, 0.3) is 0 Å². The van der Waals surface area contributed by atoms with E-state index in [1.165, 1.54) is 11.1 Å². The molecular weight excluding hydrogens is 393 g/mol. The minimum atomic E-state index is -0.589. The molecule has 6 heteroatoms. The number of fused-ring (bicyclic) bond motifs is 2. The lowest BCUT2D eigenvalue weighted by molar-refractivity contribution is -0.288. The maximum Gasteiger partial charge on any atom is 0.208 e. The molecule has 1 spiro atoms. The third kappa shape index (κ3) is 4.62. The second-order valence-corrected chi connectivity index (χ2v) is 8.83. The fraction of sp³-hybridized carbons (Fsp3) is 0.520. The van der Waals surface area contributed by atoms with Crippen molar-refractivity contribution in [1.29, 1.82) is 0 Å². The monoisotopic (exact) mass is 425 g/mol. The van der Waals surface area contributed by atoms with Crippen LogP contribution in [0.2, 0.25) is 0 Å². The van der Waals surface area contributed by atoms with Crippen LogP contribution >= 0.6 is 0 Å². The molecule has 5 nitrogen and oxygen atoms in total. The number of benzene rings is 2. The van der Waals surface area contributed by atoms with Crippen LogP contribution in [-0.4, -0.2) is 68.8 Å². The van der Waals surface area contributed by atoms with Crippen molar-refractivity contribution >= 4 is 5.69 Å². The third-order valence-electron chi connectivity index (χ3n) is 6.73. The Morgan fingerprint density at radius 1 is 0.839 bits per heavy atom. The second kappa shape index (κ2) is 9.25. The zero-order valence-electron chi connectivity index (χ0n) is 18.1. The van der Waals surface area contributed by atoms with Crippen LogP contribution in [0, 0.1) is 5.82 Å². The molecule has 0 unspecified atom stereocenters. The minimum Gasteiger partial charge on any atom is -0.369 e. The van der Waals surface area contributed by atoms with Crippen LogP contribution in [0.5, 0.6) is 0 Å². The molecule has 0 aliphatic carbocycles. The highest BCUT2D eigenvalue weighted by molar-refractivity contribution is 5.46. The summed E-state index contributed by atoms with van der Waals surface area (Å²) in [6, 6.07) is 15.4. The highest BCUT2D eigenvalue weighted by Gasteiger charge is 2.43. The molecule has 2 aromatic rings. The lowest BCUT2D eigenvalue weighted by atomic mass is 9.93. The average molecular weight is 426 g/mol. The summed E-state index contributed by atoms with van der Waals surface area (Å²) in [4.78, 5) is 7.38. The molecule has 2 fully saturated rings. The zero-order valence-corrected chi connectivity index (χ0v) is 18.1. The van der Waals surface area contributed by atoms with Crippen molar-refractivity contribution < 1.29 is 13.9 Å². The van der Waals surface area contributed by atoms with E-state index in [-0.39, 0.29) is 5.82 Å². The summed E-state index contributed by atoms with van der Waals surface area (Å²) in [5.74, 6) is -0.762. The Kier molecular flexibility index (Phi) is 6.23. The topological polar surface area (TPSA) is 28.2 Å². The number of hydrogen-bond acceptors (Lipinski definition) is 5. The Morgan fingerprint density at radius 2 is 1.55 bits per heavy atom. The van der Waals surface area contributed by atoms with Crippen molar-refractivity contribution in [2.75, 3.05) is 63.9 Å². The summed E-state index contributed by atoms with van der Waals surface area (Å²) in [5, 5.41) is 0. The van der Waals surface area contributed by atoms with Crippen LogP contribution in [0.15, 0.2) is 48.5 Å². The molecule has 0 bridgehead atoms. The van der Waals surface area contributed by atoms with E-state index in [0.29, 0.717) is 0 Å². The first-order valence-electron chi connectivity index (χ1n) is 11.5. The standard InChI is InChI=1S/C25H32FN3O2/c26-22-7-9-23(10-8-22)29-15-13-27(14-16-29)11-3-12-28-19-21-5-1-2-6-24(21)25(20-28)30-17-4-18-31-25/h1-2,5-10H,3-4,11-20H2. The van der Waals surface area contributed by atoms with E-state index in [9.17, 15) is 4.39 Å². The molecule has 166 valence electrons. The van der Waals surface area contributed by atoms with E-state index in [1.807, 2.05) is 12.1 Å². The highest BCUT2D eigenvalue weighted by Crippen LogP contribution is 2.38. The van der Waals surface area contributed by atoms with Crippen LogP contribution in [0.4, 0.5) is 10.1 Å². The van der Waals surface area contributed by atoms with Gasteiger partial charge in [0.15, 0.2) is 0 Å². The first kappa shape index (κ1) is 20.9. The van der Waals surface area contributed by atoms with Gasteiger partial charge >= 0.3 is 0 Å². The first-order valence-corrected chi connectivity index (χ1v) is 11.5. The molecule has 0 N–H and O–H groups in total. The van der Waals surface area contributed by atoms with Gasteiger partial charge in [-0.15, -0.1) is 0 Å². The average Bonchev–Trinajstić information content (AvgIpc) is 2.81. The lowest BCUT2D eigenvalue weighted by Gasteiger charge is -2.45. The zero-order chi connectivity index (χ0) is 21.1. The summed E-state index contributed by atoms with van der Waals surface area (Å²) in [7, 11) is 0. The Hall–Kier alpha value is -1.99. The molecule has 0 aromatic heterocycles. The van der Waals surface area contributed by atoms with Crippen LogP contribution in [0.3, 0.4) is 0 Å². The van der Waals surface area contributed by atoms with Crippen molar-refractivity contribution in [3.63, 3.8) is 0 Å². The summed E-state index contributed by atoms with van der Waals surface area (Å²) in [5.41, 5.74) is 3.65. The molecule has 2 aromatic carbocycles. The molecule has 5 rings (SSSR count). The third-order valence-corrected chi connectivity index (χ3v) is 6.73. The summed E-state index contributed by atoms with van der Waals surface area (Å²) in [6.07, 6.45) is 2.10. The molecule has 3 aliphatic rings. The van der Waals surface area contributed by atoms with Gasteiger partial charge in [0.25, 0.3) is 0 Å². The quantitative estimate of drug-likeness (QED) is 0.732. The maximum absolute atomic E-state index is 13.2. The number of halogens is 1. The van der Waals surface area contributed by atoms with Gasteiger partial charge in [0.05, 0.1) is 19.8 Å². The predicted octanol–water partition coefficient (Wildman–Crippen LogP) is 3.44. The summed E-state index contributed by atoms with van der Waals surface area (Å²) < 4.78 is 25.6. The van der Waals surface area contributed by atoms with E-state index in [0.717, 1.165) is 84.1 Å². The van der Waals surface area contributed by atoms with Gasteiger partial charge in [0.2, 0.25) is 5.79 Å². The first-order chi connectivity index (χ1) is 15.2. The molecule has 3 aliphatic heterocycles. The Morgan fingerprint density at radius 3 is 2.32 bits per heavy atom. The molecule has 0 radical (unpaired) electrons. The largest absolute Gasteiger partial charge is 0.369 e. The molecule has 0 saturated carbocycles. The number of ether oxygens (including phenoxy) is 2.